The molecule has 0 spiro atoms. The van der Waals surface area contributed by atoms with E-state index in [2.05, 4.69) is 0 Å². The van der Waals surface area contributed by atoms with Crippen molar-refractivity contribution in [3.8, 4) is 0 Å². The molecule has 0 aliphatic carbocycles. The number of ether oxygens (including phenoxy) is 1. The number of hydrogen-bond donors (Lipinski definition) is 0. The maximum Gasteiger partial charge on any atom is 0.228 e. The molecule has 2 heterocycles. The highest BCUT2D eigenvalue weighted by atomic mass is 19.1. The summed E-state index contributed by atoms with van der Waals surface area (Å²) in [6, 6.07) is 2.28. The van der Waals surface area contributed by atoms with Gasteiger partial charge in [-0.1, -0.05) is 0 Å². The van der Waals surface area contributed by atoms with Crippen molar-refractivity contribution < 1.29 is 18.3 Å². The Morgan fingerprint density at radius 1 is 1.25 bits per heavy atom. The third-order valence-corrected chi connectivity index (χ3v) is 4.12. The number of hydrogen-bond acceptors (Lipinski definition) is 2. The van der Waals surface area contributed by atoms with E-state index in [-0.39, 0.29) is 24.2 Å². The summed E-state index contributed by atoms with van der Waals surface area (Å²) < 4.78 is 32.8. The number of nitrogens with zero attached hydrogens (tertiary/aromatic N) is 1. The van der Waals surface area contributed by atoms with Gasteiger partial charge < -0.3 is 9.64 Å². The van der Waals surface area contributed by atoms with E-state index in [0.29, 0.717) is 37.3 Å². The van der Waals surface area contributed by atoms with Crippen molar-refractivity contribution in [2.75, 3.05) is 19.8 Å². The summed E-state index contributed by atoms with van der Waals surface area (Å²) in [5.74, 6) is -0.950. The Labute approximate surface area is 116 Å². The summed E-state index contributed by atoms with van der Waals surface area (Å²) in [6.07, 6.45) is 2.07. The minimum atomic E-state index is -0.432. The zero-order valence-corrected chi connectivity index (χ0v) is 11.2. The van der Waals surface area contributed by atoms with Crippen LogP contribution >= 0.6 is 0 Å². The molecule has 1 aromatic carbocycles. The molecule has 1 saturated heterocycles. The minimum Gasteiger partial charge on any atom is -0.381 e. The number of carbonyl (C=O) groups is 1. The number of amides is 1. The van der Waals surface area contributed by atoms with Gasteiger partial charge in [0, 0.05) is 25.3 Å². The maximum absolute atomic E-state index is 13.8. The minimum absolute atomic E-state index is 0.000916. The highest BCUT2D eigenvalue weighted by Gasteiger charge is 2.30. The van der Waals surface area contributed by atoms with Crippen LogP contribution in [0.5, 0.6) is 0 Å². The van der Waals surface area contributed by atoms with Gasteiger partial charge in [-0.3, -0.25) is 4.79 Å². The molecular formula is C15H17F2NO2. The van der Waals surface area contributed by atoms with E-state index in [1.54, 1.807) is 4.90 Å². The summed E-state index contributed by atoms with van der Waals surface area (Å²) in [7, 11) is 0. The lowest BCUT2D eigenvalue weighted by atomic mass is 9.95. The first-order valence-corrected chi connectivity index (χ1v) is 6.99. The van der Waals surface area contributed by atoms with E-state index >= 15 is 0 Å². The van der Waals surface area contributed by atoms with Gasteiger partial charge in [0.25, 0.3) is 0 Å². The van der Waals surface area contributed by atoms with Crippen molar-refractivity contribution in [1.82, 2.24) is 4.90 Å². The first kappa shape index (κ1) is 13.5. The van der Waals surface area contributed by atoms with Gasteiger partial charge in [0.2, 0.25) is 5.91 Å². The summed E-state index contributed by atoms with van der Waals surface area (Å²) in [5, 5.41) is 0. The Kier molecular flexibility index (Phi) is 3.70. The lowest BCUT2D eigenvalue weighted by molar-refractivity contribution is -0.140. The molecule has 20 heavy (non-hydrogen) atoms. The molecule has 0 aromatic heterocycles. The third-order valence-electron chi connectivity index (χ3n) is 4.12. The topological polar surface area (TPSA) is 29.5 Å². The quantitative estimate of drug-likeness (QED) is 0.790. The summed E-state index contributed by atoms with van der Waals surface area (Å²) >= 11 is 0. The van der Waals surface area contributed by atoms with E-state index in [4.69, 9.17) is 4.74 Å². The van der Waals surface area contributed by atoms with Crippen LogP contribution in [-0.2, 0) is 22.5 Å². The molecule has 1 amide bonds. The van der Waals surface area contributed by atoms with Crippen LogP contribution in [0.15, 0.2) is 12.1 Å². The van der Waals surface area contributed by atoms with Gasteiger partial charge in [-0.25, -0.2) is 8.78 Å². The van der Waals surface area contributed by atoms with Crippen molar-refractivity contribution in [3.05, 3.63) is 34.9 Å². The molecule has 1 atom stereocenters. The van der Waals surface area contributed by atoms with Crippen LogP contribution < -0.4 is 0 Å². The smallest absolute Gasteiger partial charge is 0.228 e. The van der Waals surface area contributed by atoms with Gasteiger partial charge in [0.15, 0.2) is 0 Å². The average molecular weight is 281 g/mol. The van der Waals surface area contributed by atoms with E-state index in [0.717, 1.165) is 25.0 Å². The average Bonchev–Trinajstić information content (AvgIpc) is 2.51. The standard InChI is InChI=1S/C15H17F2NO2/c16-13-3-4-14(17)12-8-18(6-5-11(12)13)15(19)10-2-1-7-20-9-10/h3-4,10H,1-2,5-9H2. The molecule has 0 bridgehead atoms. The maximum atomic E-state index is 13.8. The van der Waals surface area contributed by atoms with E-state index in [1.165, 1.54) is 0 Å². The Balaban J connectivity index is 1.78. The fourth-order valence-corrected chi connectivity index (χ4v) is 2.98. The fraction of sp³-hybridized carbons (Fsp3) is 0.533. The van der Waals surface area contributed by atoms with Gasteiger partial charge in [0.05, 0.1) is 12.5 Å². The molecule has 108 valence electrons. The molecule has 1 fully saturated rings. The van der Waals surface area contributed by atoms with Gasteiger partial charge >= 0.3 is 0 Å². The number of carbonyl (C=O) groups excluding carboxylic acids is 1. The first-order chi connectivity index (χ1) is 9.66. The van der Waals surface area contributed by atoms with Crippen LogP contribution in [0, 0.1) is 17.6 Å². The largest absolute Gasteiger partial charge is 0.381 e. The molecule has 5 heteroatoms. The number of fused-ring (bicyclic) bond motifs is 1. The molecule has 0 N–H and O–H groups in total. The Bertz CT molecular complexity index is 527. The fourth-order valence-electron chi connectivity index (χ4n) is 2.98. The zero-order chi connectivity index (χ0) is 14.1. The van der Waals surface area contributed by atoms with Crippen molar-refractivity contribution in [1.29, 1.82) is 0 Å². The van der Waals surface area contributed by atoms with Crippen molar-refractivity contribution in [2.24, 2.45) is 5.92 Å². The van der Waals surface area contributed by atoms with Crippen LogP contribution in [-0.4, -0.2) is 30.6 Å². The molecule has 2 aliphatic heterocycles. The van der Waals surface area contributed by atoms with Crippen LogP contribution in [0.3, 0.4) is 0 Å². The zero-order valence-electron chi connectivity index (χ0n) is 11.2. The molecule has 1 aromatic rings. The van der Waals surface area contributed by atoms with Crippen LogP contribution in [0.1, 0.15) is 24.0 Å². The van der Waals surface area contributed by atoms with Crippen molar-refractivity contribution >= 4 is 5.91 Å². The van der Waals surface area contributed by atoms with E-state index in [9.17, 15) is 13.6 Å². The Morgan fingerprint density at radius 2 is 2.00 bits per heavy atom. The van der Waals surface area contributed by atoms with Crippen LogP contribution in [0.25, 0.3) is 0 Å². The summed E-state index contributed by atoms with van der Waals surface area (Å²) in [4.78, 5) is 14.0. The van der Waals surface area contributed by atoms with Crippen LogP contribution in [0.4, 0.5) is 8.78 Å². The van der Waals surface area contributed by atoms with Gasteiger partial charge in [-0.2, -0.15) is 0 Å². The predicted molar refractivity (Wildman–Crippen MR) is 69.0 cm³/mol. The predicted octanol–water partition coefficient (Wildman–Crippen LogP) is 2.28. The van der Waals surface area contributed by atoms with Crippen molar-refractivity contribution in [2.45, 2.75) is 25.8 Å². The molecule has 3 nitrogen and oxygen atoms in total. The van der Waals surface area contributed by atoms with Crippen LogP contribution in [0.2, 0.25) is 0 Å². The lowest BCUT2D eigenvalue weighted by Gasteiger charge is -2.33. The monoisotopic (exact) mass is 281 g/mol. The van der Waals surface area contributed by atoms with E-state index in [1.807, 2.05) is 0 Å². The van der Waals surface area contributed by atoms with Gasteiger partial charge in [0.1, 0.15) is 11.6 Å². The molecule has 0 radical (unpaired) electrons. The Hall–Kier alpha value is -1.49. The molecule has 1 unspecified atom stereocenters. The molecule has 0 saturated carbocycles. The highest BCUT2D eigenvalue weighted by molar-refractivity contribution is 5.79. The van der Waals surface area contributed by atoms with Gasteiger partial charge in [-0.05, 0) is 37.0 Å². The third kappa shape index (κ3) is 2.42. The van der Waals surface area contributed by atoms with Crippen molar-refractivity contribution in [3.63, 3.8) is 0 Å². The second-order valence-electron chi connectivity index (χ2n) is 5.41. The normalized spacial score (nSPS) is 22.5. The number of benzene rings is 1. The highest BCUT2D eigenvalue weighted by Crippen LogP contribution is 2.26. The summed E-state index contributed by atoms with van der Waals surface area (Å²) in [5.41, 5.74) is 0.732. The van der Waals surface area contributed by atoms with E-state index < -0.39 is 5.82 Å². The molecule has 2 aliphatic rings. The lowest BCUT2D eigenvalue weighted by Crippen LogP contribution is -2.42. The second kappa shape index (κ2) is 5.48. The Morgan fingerprint density at radius 3 is 2.70 bits per heavy atom. The SMILES string of the molecule is O=C(C1CCCOC1)N1CCc2c(F)ccc(F)c2C1. The molecular weight excluding hydrogens is 264 g/mol. The molecule has 3 rings (SSSR count). The second-order valence-corrected chi connectivity index (χ2v) is 5.41. The first-order valence-electron chi connectivity index (χ1n) is 6.99. The van der Waals surface area contributed by atoms with Gasteiger partial charge in [-0.15, -0.1) is 0 Å². The number of halogens is 2. The number of rotatable bonds is 1. The summed E-state index contributed by atoms with van der Waals surface area (Å²) in [6.45, 7) is 1.75.